The maximum Gasteiger partial charge on any atom is 0.319 e. The molecule has 7 heteroatoms. The molecular weight excluding hydrogens is 302 g/mol. The van der Waals surface area contributed by atoms with Crippen LogP contribution in [0.25, 0.3) is 10.4 Å². The van der Waals surface area contributed by atoms with Gasteiger partial charge in [0.1, 0.15) is 5.75 Å². The number of methoxy groups -OCH3 is 1. The van der Waals surface area contributed by atoms with Crippen molar-refractivity contribution in [2.24, 2.45) is 5.73 Å². The Morgan fingerprint density at radius 3 is 2.64 bits per heavy atom. The van der Waals surface area contributed by atoms with E-state index in [-0.39, 0.29) is 6.03 Å². The lowest BCUT2D eigenvalue weighted by atomic mass is 10.1. The van der Waals surface area contributed by atoms with Crippen molar-refractivity contribution in [3.63, 3.8) is 0 Å². The third kappa shape index (κ3) is 3.56. The van der Waals surface area contributed by atoms with E-state index in [1.54, 1.807) is 18.2 Å². The molecule has 0 fully saturated rings. The molecule has 1 aromatic carbocycles. The average Bonchev–Trinajstić information content (AvgIpc) is 2.98. The smallest absolute Gasteiger partial charge is 0.319 e. The van der Waals surface area contributed by atoms with Crippen LogP contribution < -0.4 is 21.1 Å². The normalized spacial score (nSPS) is 10.1. The van der Waals surface area contributed by atoms with Crippen LogP contribution >= 0.6 is 11.3 Å². The summed E-state index contributed by atoms with van der Waals surface area (Å²) in [6.07, 6.45) is 0. The van der Waals surface area contributed by atoms with Crippen LogP contribution in [0.5, 0.6) is 5.75 Å². The van der Waals surface area contributed by atoms with Gasteiger partial charge in [0, 0.05) is 11.4 Å². The zero-order chi connectivity index (χ0) is 16.1. The van der Waals surface area contributed by atoms with E-state index in [0.29, 0.717) is 22.9 Å². The average molecular weight is 319 g/mol. The first kappa shape index (κ1) is 15.8. The lowest BCUT2D eigenvalue weighted by molar-refractivity contribution is 0.100. The summed E-state index contributed by atoms with van der Waals surface area (Å²) >= 11 is 1.31. The number of urea groups is 1. The molecule has 1 aromatic heterocycles. The molecule has 0 aliphatic carbocycles. The quantitative estimate of drug-likeness (QED) is 0.791. The van der Waals surface area contributed by atoms with E-state index in [1.165, 1.54) is 18.4 Å². The van der Waals surface area contributed by atoms with Gasteiger partial charge in [-0.05, 0) is 36.8 Å². The van der Waals surface area contributed by atoms with Crippen LogP contribution in [0.15, 0.2) is 30.3 Å². The zero-order valence-electron chi connectivity index (χ0n) is 12.3. The summed E-state index contributed by atoms with van der Waals surface area (Å²) < 4.78 is 5.31. The topological polar surface area (TPSA) is 93.5 Å². The number of hydrogen-bond donors (Lipinski definition) is 3. The maximum atomic E-state index is 11.6. The molecule has 0 unspecified atom stereocenters. The molecular formula is C15H17N3O3S. The number of thiophene rings is 1. The van der Waals surface area contributed by atoms with Crippen molar-refractivity contribution in [2.45, 2.75) is 6.92 Å². The van der Waals surface area contributed by atoms with Crippen LogP contribution in [0.1, 0.15) is 16.6 Å². The Kier molecular flexibility index (Phi) is 5.00. The van der Waals surface area contributed by atoms with Crippen molar-refractivity contribution in [3.05, 3.63) is 35.2 Å². The summed E-state index contributed by atoms with van der Waals surface area (Å²) in [5.74, 6) is 0.0931. The van der Waals surface area contributed by atoms with Gasteiger partial charge in [0.2, 0.25) is 0 Å². The Bertz CT molecular complexity index is 697. The van der Waals surface area contributed by atoms with Gasteiger partial charge in [-0.3, -0.25) is 4.79 Å². The number of ether oxygens (including phenoxy) is 1. The second-order valence-electron chi connectivity index (χ2n) is 4.43. The van der Waals surface area contributed by atoms with Crippen LogP contribution in [-0.4, -0.2) is 25.6 Å². The summed E-state index contributed by atoms with van der Waals surface area (Å²) in [5, 5.41) is 5.37. The highest BCUT2D eigenvalue weighted by atomic mass is 32.1. The number of nitrogens with one attached hydrogen (secondary N) is 2. The molecule has 0 aliphatic rings. The van der Waals surface area contributed by atoms with E-state index in [0.717, 1.165) is 10.4 Å². The maximum absolute atomic E-state index is 11.6. The molecule has 116 valence electrons. The van der Waals surface area contributed by atoms with Gasteiger partial charge >= 0.3 is 6.03 Å². The van der Waals surface area contributed by atoms with Crippen LogP contribution in [0, 0.1) is 0 Å². The molecule has 0 spiro atoms. The van der Waals surface area contributed by atoms with Gasteiger partial charge in [0.25, 0.3) is 5.91 Å². The highest BCUT2D eigenvalue weighted by molar-refractivity contribution is 7.17. The van der Waals surface area contributed by atoms with E-state index in [4.69, 9.17) is 10.5 Å². The van der Waals surface area contributed by atoms with Crippen molar-refractivity contribution in [1.82, 2.24) is 5.32 Å². The Hall–Kier alpha value is -2.54. The number of benzene rings is 1. The third-order valence-corrected chi connectivity index (χ3v) is 4.07. The molecule has 2 aromatic rings. The molecule has 0 bridgehead atoms. The van der Waals surface area contributed by atoms with Crippen LogP contribution in [0.2, 0.25) is 0 Å². The Labute approximate surface area is 132 Å². The van der Waals surface area contributed by atoms with Gasteiger partial charge in [0.05, 0.1) is 17.7 Å². The fourth-order valence-corrected chi connectivity index (χ4v) is 2.75. The van der Waals surface area contributed by atoms with Gasteiger partial charge in [-0.2, -0.15) is 0 Å². The number of rotatable bonds is 5. The fraction of sp³-hybridized carbons (Fsp3) is 0.200. The molecule has 3 amide bonds. The summed E-state index contributed by atoms with van der Waals surface area (Å²) in [6.45, 7) is 2.38. The number of carbonyl (C=O) groups is 2. The van der Waals surface area contributed by atoms with E-state index in [1.807, 2.05) is 19.1 Å². The highest BCUT2D eigenvalue weighted by Gasteiger charge is 2.11. The largest absolute Gasteiger partial charge is 0.495 e. The molecule has 6 nitrogen and oxygen atoms in total. The van der Waals surface area contributed by atoms with Gasteiger partial charge in [-0.15, -0.1) is 11.3 Å². The molecule has 0 aliphatic heterocycles. The lowest BCUT2D eigenvalue weighted by Crippen LogP contribution is -2.28. The zero-order valence-corrected chi connectivity index (χ0v) is 13.1. The van der Waals surface area contributed by atoms with Gasteiger partial charge in [-0.25, -0.2) is 4.79 Å². The van der Waals surface area contributed by atoms with Crippen molar-refractivity contribution in [2.75, 3.05) is 19.0 Å². The summed E-state index contributed by atoms with van der Waals surface area (Å²) in [5.41, 5.74) is 6.72. The minimum absolute atomic E-state index is 0.291. The first-order valence-corrected chi connectivity index (χ1v) is 7.49. The minimum atomic E-state index is -0.447. The molecule has 0 atom stereocenters. The van der Waals surface area contributed by atoms with Crippen molar-refractivity contribution < 1.29 is 14.3 Å². The van der Waals surface area contributed by atoms with Crippen molar-refractivity contribution >= 4 is 29.0 Å². The Morgan fingerprint density at radius 1 is 1.27 bits per heavy atom. The molecule has 22 heavy (non-hydrogen) atoms. The Morgan fingerprint density at radius 2 is 2.05 bits per heavy atom. The fourth-order valence-electron chi connectivity index (χ4n) is 1.90. The van der Waals surface area contributed by atoms with E-state index in [9.17, 15) is 9.59 Å². The minimum Gasteiger partial charge on any atom is -0.495 e. The molecule has 2 rings (SSSR count). The second-order valence-corrected chi connectivity index (χ2v) is 5.51. The molecule has 0 radical (unpaired) electrons. The van der Waals surface area contributed by atoms with Gasteiger partial charge in [-0.1, -0.05) is 6.07 Å². The number of primary amides is 1. The summed E-state index contributed by atoms with van der Waals surface area (Å²) in [7, 11) is 1.53. The first-order valence-electron chi connectivity index (χ1n) is 6.68. The third-order valence-electron chi connectivity index (χ3n) is 2.92. The van der Waals surface area contributed by atoms with E-state index < -0.39 is 5.91 Å². The van der Waals surface area contributed by atoms with Crippen LogP contribution in [-0.2, 0) is 0 Å². The van der Waals surface area contributed by atoms with Crippen molar-refractivity contribution in [1.29, 1.82) is 0 Å². The Balaban J connectivity index is 2.27. The van der Waals surface area contributed by atoms with E-state index >= 15 is 0 Å². The molecule has 0 saturated heterocycles. The lowest BCUT2D eigenvalue weighted by Gasteiger charge is -2.11. The second kappa shape index (κ2) is 6.95. The molecule has 1 heterocycles. The number of anilines is 1. The highest BCUT2D eigenvalue weighted by Crippen LogP contribution is 2.34. The number of hydrogen-bond acceptors (Lipinski definition) is 4. The predicted octanol–water partition coefficient (Wildman–Crippen LogP) is 2.66. The molecule has 4 N–H and O–H groups in total. The first-order chi connectivity index (χ1) is 10.5. The van der Waals surface area contributed by atoms with E-state index in [2.05, 4.69) is 10.6 Å². The summed E-state index contributed by atoms with van der Waals surface area (Å²) in [6, 6.07) is 8.64. The van der Waals surface area contributed by atoms with Crippen LogP contribution in [0.4, 0.5) is 10.5 Å². The number of carbonyl (C=O) groups excluding carboxylic acids is 2. The number of nitrogens with two attached hydrogens (primary N) is 1. The number of amides is 3. The van der Waals surface area contributed by atoms with Crippen molar-refractivity contribution in [3.8, 4) is 16.2 Å². The van der Waals surface area contributed by atoms with Gasteiger partial charge in [0.15, 0.2) is 0 Å². The molecule has 0 saturated carbocycles. The van der Waals surface area contributed by atoms with Gasteiger partial charge < -0.3 is 21.1 Å². The predicted molar refractivity (Wildman–Crippen MR) is 87.5 cm³/mol. The van der Waals surface area contributed by atoms with Crippen LogP contribution in [0.3, 0.4) is 0 Å². The SMILES string of the molecule is CCNC(=O)Nc1ccc(-c2ccc(C(N)=O)s2)cc1OC. The monoisotopic (exact) mass is 319 g/mol. The summed E-state index contributed by atoms with van der Waals surface area (Å²) in [4.78, 5) is 24.1. The standard InChI is InChI=1S/C15H17N3O3S/c1-3-17-15(20)18-10-5-4-9(8-11(10)21-2)12-6-7-13(22-12)14(16)19/h4-8H,3H2,1-2H3,(H2,16,19)(H2,17,18,20).